The van der Waals surface area contributed by atoms with Gasteiger partial charge in [-0.2, -0.15) is 0 Å². The van der Waals surface area contributed by atoms with Crippen LogP contribution in [-0.4, -0.2) is 56.3 Å². The Hall–Kier alpha value is -2.03. The maximum absolute atomic E-state index is 12.7. The normalized spacial score (nSPS) is 22.0. The van der Waals surface area contributed by atoms with Crippen molar-refractivity contribution in [1.29, 1.82) is 0 Å². The van der Waals surface area contributed by atoms with Crippen molar-refractivity contribution in [2.75, 3.05) is 13.1 Å². The van der Waals surface area contributed by atoms with E-state index >= 15 is 0 Å². The van der Waals surface area contributed by atoms with E-state index in [9.17, 15) is 19.8 Å². The lowest BCUT2D eigenvalue weighted by Crippen LogP contribution is -2.44. The molecule has 0 radical (unpaired) electrons. The Bertz CT molecular complexity index is 798. The van der Waals surface area contributed by atoms with Crippen molar-refractivity contribution in [2.45, 2.75) is 44.8 Å². The second-order valence-electron chi connectivity index (χ2n) is 7.34. The third kappa shape index (κ3) is 4.51. The maximum Gasteiger partial charge on any atom is 0.306 e. The number of aromatic nitrogens is 1. The fraction of sp³-hybridized carbons (Fsp3) is 0.550. The fourth-order valence-electron chi connectivity index (χ4n) is 3.75. The van der Waals surface area contributed by atoms with Crippen LogP contribution in [0.2, 0.25) is 0 Å². The molecule has 1 aromatic carbocycles. The quantitative estimate of drug-likeness (QED) is 0.651. The lowest BCUT2D eigenvalue weighted by Gasteiger charge is -2.32. The number of thiazole rings is 1. The highest BCUT2D eigenvalue weighted by molar-refractivity contribution is 7.18. The molecule has 1 saturated carbocycles. The molecule has 2 unspecified atom stereocenters. The van der Waals surface area contributed by atoms with E-state index in [0.29, 0.717) is 30.9 Å². The lowest BCUT2D eigenvalue weighted by molar-refractivity contribution is -0.148. The maximum atomic E-state index is 12.7. The van der Waals surface area contributed by atoms with Gasteiger partial charge in [0.05, 0.1) is 16.1 Å². The number of hydrogen-bond donors (Lipinski definition) is 3. The molecule has 1 aromatic heterocycles. The van der Waals surface area contributed by atoms with Gasteiger partial charge in [-0.05, 0) is 50.7 Å². The Morgan fingerprint density at radius 1 is 1.21 bits per heavy atom. The number of carboxylic acid groups (broad SMARTS) is 1. The predicted molar refractivity (Wildman–Crippen MR) is 106 cm³/mol. The first-order valence-electron chi connectivity index (χ1n) is 9.63. The standard InChI is InChI=1S/C20H26N2O5S/c1-2-22(11-12-7-9-13(10-8-12)20(26)27)19(25)17(24)16(23)18-21-14-5-3-4-6-15(14)28-18/h3-6,12-13,16-17,23-24H,2,7-11H2,1H3,(H,26,27). The minimum atomic E-state index is -1.57. The average molecular weight is 407 g/mol. The van der Waals surface area contributed by atoms with Gasteiger partial charge in [-0.3, -0.25) is 9.59 Å². The number of aliphatic carboxylic acids is 1. The number of para-hydroxylation sites is 1. The summed E-state index contributed by atoms with van der Waals surface area (Å²) in [6.45, 7) is 2.71. The summed E-state index contributed by atoms with van der Waals surface area (Å²) in [5.41, 5.74) is 0.726. The highest BCUT2D eigenvalue weighted by atomic mass is 32.1. The molecular formula is C20H26N2O5S. The molecule has 3 rings (SSSR count). The first kappa shape index (κ1) is 20.7. The first-order valence-corrected chi connectivity index (χ1v) is 10.5. The van der Waals surface area contributed by atoms with Gasteiger partial charge in [0.1, 0.15) is 11.1 Å². The van der Waals surface area contributed by atoms with Crippen molar-refractivity contribution < 1.29 is 24.9 Å². The second kappa shape index (κ2) is 8.98. The number of fused-ring (bicyclic) bond motifs is 1. The molecule has 1 aliphatic rings. The number of rotatable bonds is 7. The summed E-state index contributed by atoms with van der Waals surface area (Å²) in [5, 5.41) is 30.4. The summed E-state index contributed by atoms with van der Waals surface area (Å²) in [4.78, 5) is 29.7. The molecule has 7 nitrogen and oxygen atoms in total. The molecule has 2 atom stereocenters. The Balaban J connectivity index is 1.62. The van der Waals surface area contributed by atoms with Crippen LogP contribution in [0, 0.1) is 11.8 Å². The van der Waals surface area contributed by atoms with E-state index < -0.39 is 24.1 Å². The Morgan fingerprint density at radius 2 is 1.89 bits per heavy atom. The summed E-state index contributed by atoms with van der Waals surface area (Å²) in [5.74, 6) is -1.36. The van der Waals surface area contributed by atoms with Crippen molar-refractivity contribution in [1.82, 2.24) is 9.88 Å². The molecule has 1 aliphatic carbocycles. The van der Waals surface area contributed by atoms with E-state index in [2.05, 4.69) is 4.98 Å². The van der Waals surface area contributed by atoms with E-state index in [1.807, 2.05) is 31.2 Å². The molecule has 1 fully saturated rings. The molecule has 0 bridgehead atoms. The van der Waals surface area contributed by atoms with Crippen LogP contribution in [0.3, 0.4) is 0 Å². The minimum absolute atomic E-state index is 0.214. The van der Waals surface area contributed by atoms with Gasteiger partial charge >= 0.3 is 5.97 Å². The number of aliphatic hydroxyl groups is 2. The Labute approximate surface area is 167 Å². The average Bonchev–Trinajstić information content (AvgIpc) is 3.15. The van der Waals surface area contributed by atoms with Crippen LogP contribution in [0.1, 0.15) is 43.7 Å². The Morgan fingerprint density at radius 3 is 2.50 bits per heavy atom. The zero-order chi connectivity index (χ0) is 20.3. The van der Waals surface area contributed by atoms with E-state index in [4.69, 9.17) is 5.11 Å². The van der Waals surface area contributed by atoms with Crippen molar-refractivity contribution in [3.63, 3.8) is 0 Å². The number of benzene rings is 1. The molecule has 8 heteroatoms. The molecule has 0 aliphatic heterocycles. The smallest absolute Gasteiger partial charge is 0.306 e. The molecule has 0 spiro atoms. The van der Waals surface area contributed by atoms with Crippen LogP contribution in [-0.2, 0) is 9.59 Å². The van der Waals surface area contributed by atoms with Gasteiger partial charge in [-0.25, -0.2) is 4.98 Å². The van der Waals surface area contributed by atoms with Crippen molar-refractivity contribution >= 4 is 33.4 Å². The minimum Gasteiger partial charge on any atom is -0.481 e. The topological polar surface area (TPSA) is 111 Å². The third-order valence-electron chi connectivity index (χ3n) is 5.48. The van der Waals surface area contributed by atoms with Gasteiger partial charge in [0, 0.05) is 13.1 Å². The number of amides is 1. The van der Waals surface area contributed by atoms with Gasteiger partial charge in [0.15, 0.2) is 6.10 Å². The van der Waals surface area contributed by atoms with Gasteiger partial charge in [-0.15, -0.1) is 11.3 Å². The molecule has 1 heterocycles. The van der Waals surface area contributed by atoms with Crippen LogP contribution >= 0.6 is 11.3 Å². The number of carbonyl (C=O) groups excluding carboxylic acids is 1. The van der Waals surface area contributed by atoms with E-state index in [1.165, 1.54) is 11.3 Å². The highest BCUT2D eigenvalue weighted by Gasteiger charge is 2.33. The molecule has 28 heavy (non-hydrogen) atoms. The lowest BCUT2D eigenvalue weighted by atomic mass is 9.82. The van der Waals surface area contributed by atoms with Gasteiger partial charge < -0.3 is 20.2 Å². The third-order valence-corrected chi connectivity index (χ3v) is 6.59. The molecular weight excluding hydrogens is 380 g/mol. The largest absolute Gasteiger partial charge is 0.481 e. The number of carboxylic acids is 1. The van der Waals surface area contributed by atoms with Crippen molar-refractivity contribution in [3.05, 3.63) is 29.3 Å². The molecule has 152 valence electrons. The SMILES string of the molecule is CCN(CC1CCC(C(=O)O)CC1)C(=O)C(O)C(O)c1nc2ccccc2s1. The van der Waals surface area contributed by atoms with Crippen LogP contribution < -0.4 is 0 Å². The summed E-state index contributed by atoms with van der Waals surface area (Å²) in [7, 11) is 0. The van der Waals surface area contributed by atoms with Gasteiger partial charge in [0.2, 0.25) is 0 Å². The van der Waals surface area contributed by atoms with Gasteiger partial charge in [0.25, 0.3) is 5.91 Å². The van der Waals surface area contributed by atoms with E-state index in [0.717, 1.165) is 23.1 Å². The Kier molecular flexibility index (Phi) is 6.64. The second-order valence-corrected chi connectivity index (χ2v) is 8.40. The molecule has 0 saturated heterocycles. The number of likely N-dealkylation sites (N-methyl/N-ethyl adjacent to an activating group) is 1. The number of aliphatic hydroxyl groups excluding tert-OH is 2. The molecule has 2 aromatic rings. The van der Waals surface area contributed by atoms with E-state index in [-0.39, 0.29) is 11.8 Å². The summed E-state index contributed by atoms with van der Waals surface area (Å²) in [6.07, 6.45) is -0.225. The summed E-state index contributed by atoms with van der Waals surface area (Å²) >= 11 is 1.26. The van der Waals surface area contributed by atoms with Crippen molar-refractivity contribution in [3.8, 4) is 0 Å². The number of carbonyl (C=O) groups is 2. The van der Waals surface area contributed by atoms with Crippen LogP contribution in [0.15, 0.2) is 24.3 Å². The fourth-order valence-corrected chi connectivity index (χ4v) is 4.74. The van der Waals surface area contributed by atoms with Crippen LogP contribution in [0.4, 0.5) is 0 Å². The number of hydrogen-bond acceptors (Lipinski definition) is 6. The van der Waals surface area contributed by atoms with Crippen molar-refractivity contribution in [2.24, 2.45) is 11.8 Å². The summed E-state index contributed by atoms with van der Waals surface area (Å²) < 4.78 is 0.888. The zero-order valence-electron chi connectivity index (χ0n) is 15.8. The summed E-state index contributed by atoms with van der Waals surface area (Å²) in [6, 6.07) is 7.42. The van der Waals surface area contributed by atoms with E-state index in [1.54, 1.807) is 4.90 Å². The molecule has 3 N–H and O–H groups in total. The predicted octanol–water partition coefficient (Wildman–Crippen LogP) is 2.43. The van der Waals surface area contributed by atoms with Gasteiger partial charge in [-0.1, -0.05) is 12.1 Å². The zero-order valence-corrected chi connectivity index (χ0v) is 16.6. The monoisotopic (exact) mass is 406 g/mol. The molecule has 1 amide bonds. The van der Waals surface area contributed by atoms with Crippen LogP contribution in [0.25, 0.3) is 10.2 Å². The van der Waals surface area contributed by atoms with Crippen LogP contribution in [0.5, 0.6) is 0 Å². The first-order chi connectivity index (χ1) is 13.4. The highest BCUT2D eigenvalue weighted by Crippen LogP contribution is 2.31. The number of nitrogens with zero attached hydrogens (tertiary/aromatic N) is 2.